The number of aromatic nitrogens is 4. The van der Waals surface area contributed by atoms with Crippen LogP contribution < -0.4 is 0 Å². The molecule has 23 heavy (non-hydrogen) atoms. The Bertz CT molecular complexity index is 841. The average molecular weight is 314 g/mol. The minimum Gasteiger partial charge on any atom is -0.504 e. The summed E-state index contributed by atoms with van der Waals surface area (Å²) in [7, 11) is 0. The van der Waals surface area contributed by atoms with Gasteiger partial charge in [-0.3, -0.25) is 14.9 Å². The van der Waals surface area contributed by atoms with E-state index in [0.29, 0.717) is 0 Å². The second-order valence-corrected chi connectivity index (χ2v) is 4.64. The summed E-state index contributed by atoms with van der Waals surface area (Å²) in [6.07, 6.45) is 6.47. The van der Waals surface area contributed by atoms with Gasteiger partial charge >= 0.3 is 0 Å². The van der Waals surface area contributed by atoms with Crippen molar-refractivity contribution < 1.29 is 18.7 Å². The molecule has 3 aromatic heterocycles. The third-order valence-corrected chi connectivity index (χ3v) is 3.09. The first-order chi connectivity index (χ1) is 11.1. The first-order valence-corrected chi connectivity index (χ1v) is 6.61. The second kappa shape index (κ2) is 6.22. The third kappa shape index (κ3) is 3.15. The first kappa shape index (κ1) is 14.6. The van der Waals surface area contributed by atoms with Crippen LogP contribution >= 0.6 is 0 Å². The molecule has 0 unspecified atom stereocenters. The summed E-state index contributed by atoms with van der Waals surface area (Å²) in [5.74, 6) is -1.99. The largest absolute Gasteiger partial charge is 0.504 e. The van der Waals surface area contributed by atoms with Crippen LogP contribution in [0.2, 0.25) is 0 Å². The molecule has 0 aliphatic rings. The van der Waals surface area contributed by atoms with E-state index in [2.05, 4.69) is 20.2 Å². The van der Waals surface area contributed by atoms with Gasteiger partial charge in [-0.2, -0.15) is 5.10 Å². The molecule has 116 valence electrons. The van der Waals surface area contributed by atoms with E-state index >= 15 is 0 Å². The molecule has 3 aromatic rings. The van der Waals surface area contributed by atoms with Crippen molar-refractivity contribution in [3.05, 3.63) is 71.7 Å². The van der Waals surface area contributed by atoms with Gasteiger partial charge in [0.05, 0.1) is 5.56 Å². The van der Waals surface area contributed by atoms with Crippen LogP contribution in [0.4, 0.5) is 4.39 Å². The molecule has 0 aromatic carbocycles. The van der Waals surface area contributed by atoms with Crippen molar-refractivity contribution in [2.24, 2.45) is 0 Å². The molecule has 2 N–H and O–H groups in total. The molecular formula is C15H11FN4O3. The number of furan rings is 1. The van der Waals surface area contributed by atoms with Crippen molar-refractivity contribution in [2.75, 3.05) is 0 Å². The first-order valence-electron chi connectivity index (χ1n) is 6.61. The lowest BCUT2D eigenvalue weighted by Gasteiger charge is -1.97. The van der Waals surface area contributed by atoms with Crippen LogP contribution in [0.5, 0.6) is 0 Å². The van der Waals surface area contributed by atoms with Crippen molar-refractivity contribution in [1.29, 1.82) is 0 Å². The SMILES string of the molecule is O=C(C=C(O)c1nc[nH]n1)c1coc(Cc2ccncc2)c1F. The zero-order chi connectivity index (χ0) is 16.2. The number of aliphatic hydroxyl groups is 1. The van der Waals surface area contributed by atoms with Gasteiger partial charge < -0.3 is 9.52 Å². The van der Waals surface area contributed by atoms with Crippen LogP contribution in [0.1, 0.15) is 27.5 Å². The van der Waals surface area contributed by atoms with Gasteiger partial charge in [-0.25, -0.2) is 9.37 Å². The molecule has 7 nitrogen and oxygen atoms in total. The number of nitrogens with one attached hydrogen (secondary N) is 1. The van der Waals surface area contributed by atoms with Crippen LogP contribution in [-0.4, -0.2) is 31.1 Å². The number of hydrogen-bond acceptors (Lipinski definition) is 6. The summed E-state index contributed by atoms with van der Waals surface area (Å²) in [5.41, 5.74) is 0.530. The number of ketones is 1. The molecule has 0 aliphatic carbocycles. The van der Waals surface area contributed by atoms with E-state index in [-0.39, 0.29) is 23.6 Å². The molecule has 0 aliphatic heterocycles. The van der Waals surface area contributed by atoms with Gasteiger partial charge in [0, 0.05) is 24.9 Å². The number of hydrogen-bond donors (Lipinski definition) is 2. The number of carbonyl (C=O) groups is 1. The highest BCUT2D eigenvalue weighted by Gasteiger charge is 2.20. The van der Waals surface area contributed by atoms with Gasteiger partial charge in [-0.15, -0.1) is 0 Å². The van der Waals surface area contributed by atoms with Gasteiger partial charge in [0.15, 0.2) is 17.4 Å². The van der Waals surface area contributed by atoms with E-state index < -0.39 is 17.4 Å². The van der Waals surface area contributed by atoms with Crippen molar-refractivity contribution >= 4 is 11.5 Å². The van der Waals surface area contributed by atoms with Crippen molar-refractivity contribution in [3.63, 3.8) is 0 Å². The Morgan fingerprint density at radius 1 is 1.39 bits per heavy atom. The lowest BCUT2D eigenvalue weighted by Crippen LogP contribution is -2.00. The number of aromatic amines is 1. The number of rotatable bonds is 5. The van der Waals surface area contributed by atoms with Crippen LogP contribution in [0.15, 0.2) is 47.6 Å². The summed E-state index contributed by atoms with van der Waals surface area (Å²) in [6.45, 7) is 0. The maximum Gasteiger partial charge on any atom is 0.215 e. The molecule has 0 amide bonds. The Morgan fingerprint density at radius 3 is 2.87 bits per heavy atom. The Morgan fingerprint density at radius 2 is 2.17 bits per heavy atom. The Labute approximate surface area is 129 Å². The third-order valence-electron chi connectivity index (χ3n) is 3.09. The predicted molar refractivity (Wildman–Crippen MR) is 77.0 cm³/mol. The Kier molecular flexibility index (Phi) is 3.96. The van der Waals surface area contributed by atoms with Gasteiger partial charge in [0.2, 0.25) is 5.82 Å². The van der Waals surface area contributed by atoms with E-state index in [1.165, 1.54) is 6.33 Å². The zero-order valence-electron chi connectivity index (χ0n) is 11.7. The van der Waals surface area contributed by atoms with Crippen molar-refractivity contribution in [1.82, 2.24) is 20.2 Å². The average Bonchev–Trinajstić information content (AvgIpc) is 3.19. The summed E-state index contributed by atoms with van der Waals surface area (Å²) < 4.78 is 19.4. The fourth-order valence-electron chi connectivity index (χ4n) is 1.95. The van der Waals surface area contributed by atoms with Crippen molar-refractivity contribution in [2.45, 2.75) is 6.42 Å². The highest BCUT2D eigenvalue weighted by molar-refractivity contribution is 6.07. The molecule has 0 saturated carbocycles. The van der Waals surface area contributed by atoms with Gasteiger partial charge in [0.25, 0.3) is 0 Å². The minimum absolute atomic E-state index is 0.0327. The number of halogens is 1. The highest BCUT2D eigenvalue weighted by atomic mass is 19.1. The summed E-state index contributed by atoms with van der Waals surface area (Å²) in [4.78, 5) is 19.6. The lowest BCUT2D eigenvalue weighted by atomic mass is 10.1. The molecule has 3 rings (SSSR count). The summed E-state index contributed by atoms with van der Waals surface area (Å²) in [6, 6.07) is 3.44. The monoisotopic (exact) mass is 314 g/mol. The fourth-order valence-corrected chi connectivity index (χ4v) is 1.95. The van der Waals surface area contributed by atoms with E-state index in [9.17, 15) is 14.3 Å². The molecule has 0 saturated heterocycles. The van der Waals surface area contributed by atoms with Crippen LogP contribution in [0.3, 0.4) is 0 Å². The number of allylic oxidation sites excluding steroid dienone is 1. The number of nitrogens with zero attached hydrogens (tertiary/aromatic N) is 3. The van der Waals surface area contributed by atoms with E-state index in [4.69, 9.17) is 4.42 Å². The fraction of sp³-hybridized carbons (Fsp3) is 0.0667. The topological polar surface area (TPSA) is 105 Å². The molecule has 0 fully saturated rings. The predicted octanol–water partition coefficient (Wildman–Crippen LogP) is 2.30. The van der Waals surface area contributed by atoms with E-state index in [0.717, 1.165) is 17.9 Å². The molecule has 0 atom stereocenters. The maximum absolute atomic E-state index is 14.3. The van der Waals surface area contributed by atoms with Gasteiger partial charge in [-0.05, 0) is 17.7 Å². The molecule has 0 radical (unpaired) electrons. The maximum atomic E-state index is 14.3. The molecular weight excluding hydrogens is 303 g/mol. The number of aliphatic hydroxyl groups excluding tert-OH is 1. The van der Waals surface area contributed by atoms with E-state index in [1.807, 2.05) is 0 Å². The highest BCUT2D eigenvalue weighted by Crippen LogP contribution is 2.20. The Balaban J connectivity index is 1.81. The molecule has 8 heteroatoms. The summed E-state index contributed by atoms with van der Waals surface area (Å²) in [5, 5.41) is 15.7. The second-order valence-electron chi connectivity index (χ2n) is 4.64. The molecule has 0 spiro atoms. The van der Waals surface area contributed by atoms with Gasteiger partial charge in [-0.1, -0.05) is 0 Å². The molecule has 0 bridgehead atoms. The van der Waals surface area contributed by atoms with Crippen molar-refractivity contribution in [3.8, 4) is 0 Å². The van der Waals surface area contributed by atoms with Gasteiger partial charge in [0.1, 0.15) is 18.4 Å². The Hall–Kier alpha value is -3.29. The quantitative estimate of drug-likeness (QED) is 0.425. The van der Waals surface area contributed by atoms with Crippen LogP contribution in [0, 0.1) is 5.82 Å². The number of pyridine rings is 1. The standard InChI is InChI=1S/C15H11FN4O3/c16-14-10(11(21)6-12(22)15-18-8-19-20-15)7-23-13(14)5-9-1-3-17-4-2-9/h1-4,6-8,22H,5H2,(H,18,19,20). The summed E-state index contributed by atoms with van der Waals surface area (Å²) >= 11 is 0. The minimum atomic E-state index is -0.758. The van der Waals surface area contributed by atoms with E-state index in [1.54, 1.807) is 24.5 Å². The molecule has 3 heterocycles. The van der Waals surface area contributed by atoms with Crippen LogP contribution in [0.25, 0.3) is 5.76 Å². The zero-order valence-corrected chi connectivity index (χ0v) is 11.7. The normalized spacial score (nSPS) is 11.6. The smallest absolute Gasteiger partial charge is 0.215 e. The number of carbonyl (C=O) groups excluding carboxylic acids is 1. The van der Waals surface area contributed by atoms with Crippen LogP contribution in [-0.2, 0) is 6.42 Å². The number of H-pyrrole nitrogens is 1. The lowest BCUT2D eigenvalue weighted by molar-refractivity contribution is 0.104.